The maximum atomic E-state index is 11.7. The summed E-state index contributed by atoms with van der Waals surface area (Å²) in [6.45, 7) is 6.56. The van der Waals surface area contributed by atoms with Gasteiger partial charge in [0.05, 0.1) is 6.10 Å². The van der Waals surface area contributed by atoms with Gasteiger partial charge in [0.15, 0.2) is 0 Å². The highest BCUT2D eigenvalue weighted by atomic mass is 16.6. The quantitative estimate of drug-likeness (QED) is 0.838. The molecule has 0 unspecified atom stereocenters. The molecule has 1 aliphatic heterocycles. The first kappa shape index (κ1) is 16.1. The van der Waals surface area contributed by atoms with Crippen LogP contribution in [0.5, 0.6) is 0 Å². The van der Waals surface area contributed by atoms with Crippen molar-refractivity contribution in [2.24, 2.45) is 5.92 Å². The molecule has 2 aliphatic carbocycles. The Balaban J connectivity index is 1.32. The molecule has 3 rings (SSSR count). The lowest BCUT2D eigenvalue weighted by Crippen LogP contribution is -2.56. The highest BCUT2D eigenvalue weighted by Gasteiger charge is 2.38. The van der Waals surface area contributed by atoms with Crippen LogP contribution in [0.15, 0.2) is 0 Å². The van der Waals surface area contributed by atoms with Crippen molar-refractivity contribution >= 4 is 6.09 Å². The minimum Gasteiger partial charge on any atom is -0.444 e. The Labute approximate surface area is 133 Å². The zero-order valence-electron chi connectivity index (χ0n) is 14.1. The summed E-state index contributed by atoms with van der Waals surface area (Å²) in [6, 6.07) is 1.38. The minimum atomic E-state index is -0.425. The average molecular weight is 310 g/mol. The van der Waals surface area contributed by atoms with Crippen LogP contribution in [0.2, 0.25) is 0 Å². The summed E-state index contributed by atoms with van der Waals surface area (Å²) in [5, 5.41) is 6.70. The molecule has 1 saturated heterocycles. The summed E-state index contributed by atoms with van der Waals surface area (Å²) in [7, 11) is 0. The lowest BCUT2D eigenvalue weighted by atomic mass is 9.85. The Bertz CT molecular complexity index is 397. The summed E-state index contributed by atoms with van der Waals surface area (Å²) in [5.41, 5.74) is -0.425. The van der Waals surface area contributed by atoms with Crippen molar-refractivity contribution in [3.8, 4) is 0 Å². The molecule has 2 saturated carbocycles. The van der Waals surface area contributed by atoms with Gasteiger partial charge in [0.1, 0.15) is 5.60 Å². The fourth-order valence-corrected chi connectivity index (χ4v) is 3.46. The Morgan fingerprint density at radius 3 is 2.41 bits per heavy atom. The SMILES string of the molecule is CC(C)(C)OC(=O)NC1CC(N[C@H]2CCO[C@@H](C3CC3)C2)C1. The first-order valence-electron chi connectivity index (χ1n) is 8.76. The topological polar surface area (TPSA) is 59.6 Å². The van der Waals surface area contributed by atoms with Gasteiger partial charge >= 0.3 is 6.09 Å². The molecule has 5 heteroatoms. The molecule has 0 bridgehead atoms. The fourth-order valence-electron chi connectivity index (χ4n) is 3.46. The standard InChI is InChI=1S/C17H30N2O3/c1-17(2,3)22-16(20)19-14-8-13(9-14)18-12-6-7-21-15(10-12)11-4-5-11/h11-15,18H,4-10H2,1-3H3,(H,19,20)/t12-,13?,14?,15+/m0/s1. The third kappa shape index (κ3) is 4.59. The van der Waals surface area contributed by atoms with E-state index in [0.717, 1.165) is 38.2 Å². The number of nitrogens with one attached hydrogen (secondary N) is 2. The second-order valence-corrected chi connectivity index (χ2v) is 8.15. The molecular formula is C17H30N2O3. The number of ether oxygens (including phenoxy) is 2. The third-order valence-electron chi connectivity index (χ3n) is 4.79. The molecule has 0 aromatic rings. The molecule has 0 aromatic carbocycles. The van der Waals surface area contributed by atoms with E-state index in [9.17, 15) is 4.79 Å². The molecule has 22 heavy (non-hydrogen) atoms. The number of carbonyl (C=O) groups excluding carboxylic acids is 1. The van der Waals surface area contributed by atoms with Crippen LogP contribution in [0, 0.1) is 5.92 Å². The Morgan fingerprint density at radius 2 is 1.77 bits per heavy atom. The van der Waals surface area contributed by atoms with E-state index < -0.39 is 5.60 Å². The van der Waals surface area contributed by atoms with Crippen LogP contribution in [0.3, 0.4) is 0 Å². The summed E-state index contributed by atoms with van der Waals surface area (Å²) in [5.74, 6) is 0.826. The van der Waals surface area contributed by atoms with Gasteiger partial charge in [-0.3, -0.25) is 0 Å². The van der Waals surface area contributed by atoms with Crippen molar-refractivity contribution in [1.82, 2.24) is 10.6 Å². The molecule has 126 valence electrons. The molecule has 0 spiro atoms. The minimum absolute atomic E-state index is 0.256. The van der Waals surface area contributed by atoms with E-state index in [4.69, 9.17) is 9.47 Å². The summed E-state index contributed by atoms with van der Waals surface area (Å²) in [4.78, 5) is 11.7. The van der Waals surface area contributed by atoms with Crippen LogP contribution in [-0.4, -0.2) is 42.5 Å². The number of hydrogen-bond donors (Lipinski definition) is 2. The number of hydrogen-bond acceptors (Lipinski definition) is 4. The molecule has 1 amide bonds. The van der Waals surface area contributed by atoms with Gasteiger partial charge in [-0.25, -0.2) is 4.79 Å². The smallest absolute Gasteiger partial charge is 0.407 e. The summed E-state index contributed by atoms with van der Waals surface area (Å²) in [6.07, 6.45) is 7.17. The van der Waals surface area contributed by atoms with E-state index in [1.54, 1.807) is 0 Å². The van der Waals surface area contributed by atoms with Crippen LogP contribution in [-0.2, 0) is 9.47 Å². The van der Waals surface area contributed by atoms with Gasteiger partial charge in [0, 0.05) is 24.7 Å². The predicted molar refractivity (Wildman–Crippen MR) is 84.8 cm³/mol. The predicted octanol–water partition coefficient (Wildman–Crippen LogP) is 2.59. The first-order chi connectivity index (χ1) is 10.4. The molecule has 5 nitrogen and oxygen atoms in total. The molecule has 0 aromatic heterocycles. The molecular weight excluding hydrogens is 280 g/mol. The second-order valence-electron chi connectivity index (χ2n) is 8.15. The highest BCUT2D eigenvalue weighted by molar-refractivity contribution is 5.68. The number of amides is 1. The van der Waals surface area contributed by atoms with E-state index in [-0.39, 0.29) is 12.1 Å². The van der Waals surface area contributed by atoms with E-state index in [1.807, 2.05) is 20.8 Å². The Kier molecular flexibility index (Phi) is 4.64. The van der Waals surface area contributed by atoms with Gasteiger partial charge in [0.25, 0.3) is 0 Å². The van der Waals surface area contributed by atoms with Gasteiger partial charge in [-0.2, -0.15) is 0 Å². The third-order valence-corrected chi connectivity index (χ3v) is 4.79. The largest absolute Gasteiger partial charge is 0.444 e. The van der Waals surface area contributed by atoms with Crippen molar-refractivity contribution in [2.45, 2.75) is 89.1 Å². The van der Waals surface area contributed by atoms with Crippen molar-refractivity contribution in [1.29, 1.82) is 0 Å². The second kappa shape index (κ2) is 6.36. The van der Waals surface area contributed by atoms with Crippen LogP contribution >= 0.6 is 0 Å². The molecule has 1 heterocycles. The zero-order chi connectivity index (χ0) is 15.7. The average Bonchev–Trinajstić information content (AvgIpc) is 3.18. The van der Waals surface area contributed by atoms with E-state index >= 15 is 0 Å². The van der Waals surface area contributed by atoms with Gasteiger partial charge in [-0.05, 0) is 65.2 Å². The van der Waals surface area contributed by atoms with E-state index in [2.05, 4.69) is 10.6 Å². The number of rotatable bonds is 4. The summed E-state index contributed by atoms with van der Waals surface area (Å²) >= 11 is 0. The van der Waals surface area contributed by atoms with Crippen molar-refractivity contribution in [3.63, 3.8) is 0 Å². The lowest BCUT2D eigenvalue weighted by molar-refractivity contribution is -0.0154. The van der Waals surface area contributed by atoms with Gasteiger partial charge in [-0.1, -0.05) is 0 Å². The fraction of sp³-hybridized carbons (Fsp3) is 0.941. The van der Waals surface area contributed by atoms with Gasteiger partial charge in [0.2, 0.25) is 0 Å². The number of carbonyl (C=O) groups is 1. The van der Waals surface area contributed by atoms with Crippen LogP contribution < -0.4 is 10.6 Å². The lowest BCUT2D eigenvalue weighted by Gasteiger charge is -2.41. The van der Waals surface area contributed by atoms with Crippen molar-refractivity contribution in [2.75, 3.05) is 6.61 Å². The Morgan fingerprint density at radius 1 is 1.05 bits per heavy atom. The molecule has 3 fully saturated rings. The van der Waals surface area contributed by atoms with E-state index in [0.29, 0.717) is 18.2 Å². The monoisotopic (exact) mass is 310 g/mol. The molecule has 0 radical (unpaired) electrons. The van der Waals surface area contributed by atoms with Gasteiger partial charge in [-0.15, -0.1) is 0 Å². The normalized spacial score (nSPS) is 35.6. The molecule has 2 atom stereocenters. The maximum Gasteiger partial charge on any atom is 0.407 e. The van der Waals surface area contributed by atoms with E-state index in [1.165, 1.54) is 12.8 Å². The van der Waals surface area contributed by atoms with Crippen LogP contribution in [0.25, 0.3) is 0 Å². The molecule has 3 aliphatic rings. The highest BCUT2D eigenvalue weighted by Crippen LogP contribution is 2.38. The number of alkyl carbamates (subject to hydrolysis) is 1. The Hall–Kier alpha value is -0.810. The van der Waals surface area contributed by atoms with Crippen molar-refractivity contribution < 1.29 is 14.3 Å². The summed E-state index contributed by atoms with van der Waals surface area (Å²) < 4.78 is 11.2. The zero-order valence-corrected chi connectivity index (χ0v) is 14.1. The van der Waals surface area contributed by atoms with Gasteiger partial charge < -0.3 is 20.1 Å². The van der Waals surface area contributed by atoms with Crippen molar-refractivity contribution in [3.05, 3.63) is 0 Å². The van der Waals surface area contributed by atoms with Crippen LogP contribution in [0.1, 0.15) is 59.3 Å². The molecule has 2 N–H and O–H groups in total. The van der Waals surface area contributed by atoms with Crippen LogP contribution in [0.4, 0.5) is 4.79 Å². The first-order valence-corrected chi connectivity index (χ1v) is 8.76. The maximum absolute atomic E-state index is 11.7.